The molecule has 0 atom stereocenters. The van der Waals surface area contributed by atoms with E-state index in [4.69, 9.17) is 5.26 Å². The van der Waals surface area contributed by atoms with Gasteiger partial charge in [-0.05, 0) is 13.3 Å². The van der Waals surface area contributed by atoms with Gasteiger partial charge >= 0.3 is 0 Å². The molecule has 0 radical (unpaired) electrons. The Morgan fingerprint density at radius 2 is 2.17 bits per heavy atom. The summed E-state index contributed by atoms with van der Waals surface area (Å²) < 4.78 is 0. The van der Waals surface area contributed by atoms with Crippen molar-refractivity contribution in [1.29, 1.82) is 5.26 Å². The van der Waals surface area contributed by atoms with Crippen molar-refractivity contribution in [2.45, 2.75) is 33.1 Å². The van der Waals surface area contributed by atoms with E-state index < -0.39 is 0 Å². The van der Waals surface area contributed by atoms with Gasteiger partial charge in [0, 0.05) is 13.1 Å². The summed E-state index contributed by atoms with van der Waals surface area (Å²) in [7, 11) is 0. The molecule has 0 bridgehead atoms. The number of hydrogen-bond acceptors (Lipinski definition) is 2. The van der Waals surface area contributed by atoms with Crippen LogP contribution in [0.4, 0.5) is 0 Å². The molecule has 0 aliphatic rings. The van der Waals surface area contributed by atoms with Crippen LogP contribution in [0.5, 0.6) is 0 Å². The number of carbonyl (C=O) groups excluding carboxylic acids is 1. The predicted molar refractivity (Wildman–Crippen MR) is 47.4 cm³/mol. The molecule has 0 rings (SSSR count). The lowest BCUT2D eigenvalue weighted by Gasteiger charge is -2.18. The molecular formula is C9H16N2O. The van der Waals surface area contributed by atoms with Crippen LogP contribution in [0.25, 0.3) is 0 Å². The molecule has 68 valence electrons. The zero-order valence-electron chi connectivity index (χ0n) is 7.84. The van der Waals surface area contributed by atoms with Crippen LogP contribution in [0.3, 0.4) is 0 Å². The number of nitriles is 1. The summed E-state index contributed by atoms with van der Waals surface area (Å²) in [6.07, 6.45) is 2.11. The molecule has 0 spiro atoms. The van der Waals surface area contributed by atoms with E-state index in [0.29, 0.717) is 6.54 Å². The highest BCUT2D eigenvalue weighted by atomic mass is 16.2. The first-order valence-electron chi connectivity index (χ1n) is 4.41. The number of nitrogens with zero attached hydrogens (tertiary/aromatic N) is 2. The second kappa shape index (κ2) is 6.66. The lowest BCUT2D eigenvalue weighted by Crippen LogP contribution is -2.31. The van der Waals surface area contributed by atoms with Gasteiger partial charge in [0.05, 0.1) is 6.07 Å². The topological polar surface area (TPSA) is 44.1 Å². The van der Waals surface area contributed by atoms with Gasteiger partial charge in [0.25, 0.3) is 0 Å². The van der Waals surface area contributed by atoms with Crippen LogP contribution in [-0.4, -0.2) is 23.9 Å². The Kier molecular flexibility index (Phi) is 6.08. The zero-order chi connectivity index (χ0) is 9.40. The molecule has 0 N–H and O–H groups in total. The molecule has 0 aliphatic heterocycles. The molecule has 0 fully saturated rings. The van der Waals surface area contributed by atoms with E-state index in [9.17, 15) is 4.79 Å². The fraction of sp³-hybridized carbons (Fsp3) is 0.778. The van der Waals surface area contributed by atoms with Crippen molar-refractivity contribution in [3.63, 3.8) is 0 Å². The first-order chi connectivity index (χ1) is 5.76. The molecule has 0 aliphatic carbocycles. The molecule has 0 aromatic heterocycles. The van der Waals surface area contributed by atoms with E-state index in [0.717, 1.165) is 19.4 Å². The van der Waals surface area contributed by atoms with Crippen molar-refractivity contribution in [1.82, 2.24) is 4.90 Å². The summed E-state index contributed by atoms with van der Waals surface area (Å²) in [4.78, 5) is 12.9. The Morgan fingerprint density at radius 3 is 2.58 bits per heavy atom. The highest BCUT2D eigenvalue weighted by Crippen LogP contribution is 1.97. The minimum atomic E-state index is -0.0477. The van der Waals surface area contributed by atoms with E-state index in [-0.39, 0.29) is 12.3 Å². The van der Waals surface area contributed by atoms with E-state index in [1.807, 2.05) is 13.0 Å². The van der Waals surface area contributed by atoms with Gasteiger partial charge in [-0.1, -0.05) is 13.3 Å². The fourth-order valence-electron chi connectivity index (χ4n) is 0.988. The van der Waals surface area contributed by atoms with Gasteiger partial charge in [-0.3, -0.25) is 4.79 Å². The van der Waals surface area contributed by atoms with Crippen LogP contribution in [-0.2, 0) is 4.79 Å². The second-order valence-corrected chi connectivity index (χ2v) is 2.66. The summed E-state index contributed by atoms with van der Waals surface area (Å²) in [5.74, 6) is -0.0477. The van der Waals surface area contributed by atoms with Gasteiger partial charge in [-0.25, -0.2) is 0 Å². The molecule has 3 heteroatoms. The maximum absolute atomic E-state index is 11.2. The van der Waals surface area contributed by atoms with Crippen LogP contribution >= 0.6 is 0 Å². The SMILES string of the molecule is CCCCN(CC)C(=O)CC#N. The summed E-state index contributed by atoms with van der Waals surface area (Å²) in [6, 6.07) is 1.87. The van der Waals surface area contributed by atoms with Crippen molar-refractivity contribution < 1.29 is 4.79 Å². The Labute approximate surface area is 74.0 Å². The Balaban J connectivity index is 3.81. The van der Waals surface area contributed by atoms with Crippen LogP contribution in [0.15, 0.2) is 0 Å². The number of hydrogen-bond donors (Lipinski definition) is 0. The molecule has 3 nitrogen and oxygen atoms in total. The van der Waals surface area contributed by atoms with Crippen LogP contribution in [0.2, 0.25) is 0 Å². The molecule has 0 saturated heterocycles. The Bertz CT molecular complexity index is 172. The molecular weight excluding hydrogens is 152 g/mol. The average molecular weight is 168 g/mol. The summed E-state index contributed by atoms with van der Waals surface area (Å²) in [5.41, 5.74) is 0. The lowest BCUT2D eigenvalue weighted by atomic mass is 10.3. The van der Waals surface area contributed by atoms with Crippen molar-refractivity contribution in [2.24, 2.45) is 0 Å². The monoisotopic (exact) mass is 168 g/mol. The molecule has 12 heavy (non-hydrogen) atoms. The summed E-state index contributed by atoms with van der Waals surface area (Å²) in [5, 5.41) is 8.31. The lowest BCUT2D eigenvalue weighted by molar-refractivity contribution is -0.130. The standard InChI is InChI=1S/C9H16N2O/c1-3-5-8-11(4-2)9(12)6-7-10/h3-6,8H2,1-2H3. The van der Waals surface area contributed by atoms with Crippen LogP contribution in [0, 0.1) is 11.3 Å². The molecule has 0 saturated carbocycles. The largest absolute Gasteiger partial charge is 0.342 e. The van der Waals surface area contributed by atoms with E-state index in [2.05, 4.69) is 6.92 Å². The highest BCUT2D eigenvalue weighted by Gasteiger charge is 2.08. The molecule has 0 aromatic carbocycles. The van der Waals surface area contributed by atoms with Crippen molar-refractivity contribution in [2.75, 3.05) is 13.1 Å². The normalized spacial score (nSPS) is 9.08. The maximum atomic E-state index is 11.2. The number of unbranched alkanes of at least 4 members (excludes halogenated alkanes) is 1. The molecule has 1 amide bonds. The van der Waals surface area contributed by atoms with Crippen LogP contribution in [0.1, 0.15) is 33.1 Å². The third-order valence-electron chi connectivity index (χ3n) is 1.75. The summed E-state index contributed by atoms with van der Waals surface area (Å²) >= 11 is 0. The quantitative estimate of drug-likeness (QED) is 0.625. The van der Waals surface area contributed by atoms with Crippen molar-refractivity contribution >= 4 is 5.91 Å². The molecule has 0 aromatic rings. The highest BCUT2D eigenvalue weighted by molar-refractivity contribution is 5.78. The van der Waals surface area contributed by atoms with Gasteiger partial charge < -0.3 is 4.90 Å². The van der Waals surface area contributed by atoms with Gasteiger partial charge in [0.1, 0.15) is 6.42 Å². The minimum absolute atomic E-state index is 0.0115. The van der Waals surface area contributed by atoms with Gasteiger partial charge in [0.2, 0.25) is 5.91 Å². The third-order valence-corrected chi connectivity index (χ3v) is 1.75. The van der Waals surface area contributed by atoms with Gasteiger partial charge in [0.15, 0.2) is 0 Å². The van der Waals surface area contributed by atoms with E-state index >= 15 is 0 Å². The average Bonchev–Trinajstić information content (AvgIpc) is 2.06. The maximum Gasteiger partial charge on any atom is 0.236 e. The zero-order valence-corrected chi connectivity index (χ0v) is 7.84. The van der Waals surface area contributed by atoms with Crippen molar-refractivity contribution in [3.8, 4) is 6.07 Å². The Hall–Kier alpha value is -1.04. The van der Waals surface area contributed by atoms with Gasteiger partial charge in [-0.2, -0.15) is 5.26 Å². The van der Waals surface area contributed by atoms with E-state index in [1.165, 1.54) is 0 Å². The molecule has 0 heterocycles. The smallest absolute Gasteiger partial charge is 0.236 e. The number of amides is 1. The first-order valence-corrected chi connectivity index (χ1v) is 4.41. The number of rotatable bonds is 5. The Morgan fingerprint density at radius 1 is 1.50 bits per heavy atom. The predicted octanol–water partition coefficient (Wildman–Crippen LogP) is 1.55. The minimum Gasteiger partial charge on any atom is -0.342 e. The molecule has 0 unspecified atom stereocenters. The van der Waals surface area contributed by atoms with E-state index in [1.54, 1.807) is 4.90 Å². The number of carbonyl (C=O) groups is 1. The third kappa shape index (κ3) is 3.97. The van der Waals surface area contributed by atoms with Gasteiger partial charge in [-0.15, -0.1) is 0 Å². The fourth-order valence-corrected chi connectivity index (χ4v) is 0.988. The van der Waals surface area contributed by atoms with Crippen LogP contribution < -0.4 is 0 Å². The second-order valence-electron chi connectivity index (χ2n) is 2.66. The first kappa shape index (κ1) is 11.0. The van der Waals surface area contributed by atoms with Crippen molar-refractivity contribution in [3.05, 3.63) is 0 Å². The summed E-state index contributed by atoms with van der Waals surface area (Å²) in [6.45, 7) is 5.52.